The molecule has 2 rings (SSSR count). The second-order valence-corrected chi connectivity index (χ2v) is 3.20. The molecule has 5 N–H and O–H groups in total. The van der Waals surface area contributed by atoms with E-state index in [0.717, 1.165) is 5.69 Å². The summed E-state index contributed by atoms with van der Waals surface area (Å²) in [7, 11) is 1.58. The maximum atomic E-state index is 5.47. The van der Waals surface area contributed by atoms with Crippen LogP contribution in [-0.2, 0) is 0 Å². The smallest absolute Gasteiger partial charge is 0.233 e. The van der Waals surface area contributed by atoms with Gasteiger partial charge in [0.25, 0.3) is 0 Å². The molecule has 0 unspecified atom stereocenters. The minimum atomic E-state index is 0.0647. The summed E-state index contributed by atoms with van der Waals surface area (Å²) in [6.07, 6.45) is 0. The van der Waals surface area contributed by atoms with Gasteiger partial charge in [-0.25, -0.2) is 0 Å². The number of hydrogen-bond acceptors (Lipinski definition) is 7. The second kappa shape index (κ2) is 4.52. The van der Waals surface area contributed by atoms with Gasteiger partial charge in [0.2, 0.25) is 17.8 Å². The molecule has 0 amide bonds. The molecule has 2 aromatic rings. The first-order valence-corrected chi connectivity index (χ1v) is 4.86. The summed E-state index contributed by atoms with van der Waals surface area (Å²) in [5.74, 6) is 1.08. The molecule has 0 bridgehead atoms. The Morgan fingerprint density at radius 2 is 1.71 bits per heavy atom. The molecule has 1 heterocycles. The highest BCUT2D eigenvalue weighted by Gasteiger charge is 2.05. The highest BCUT2D eigenvalue weighted by molar-refractivity contribution is 5.62. The zero-order valence-electron chi connectivity index (χ0n) is 9.21. The molecule has 88 valence electrons. The van der Waals surface area contributed by atoms with Crippen molar-refractivity contribution in [1.29, 1.82) is 0 Å². The average molecular weight is 232 g/mol. The quantitative estimate of drug-likeness (QED) is 0.717. The number of anilines is 4. The van der Waals surface area contributed by atoms with Crippen LogP contribution in [0, 0.1) is 0 Å². The van der Waals surface area contributed by atoms with Crippen molar-refractivity contribution in [2.75, 3.05) is 23.9 Å². The summed E-state index contributed by atoms with van der Waals surface area (Å²) < 4.78 is 5.18. The molecule has 17 heavy (non-hydrogen) atoms. The predicted octanol–water partition coefficient (Wildman–Crippen LogP) is 0.788. The number of para-hydroxylation sites is 2. The first-order valence-electron chi connectivity index (χ1n) is 4.86. The molecular weight excluding hydrogens is 220 g/mol. The number of nitrogens with zero attached hydrogens (tertiary/aromatic N) is 3. The van der Waals surface area contributed by atoms with Gasteiger partial charge in [-0.2, -0.15) is 15.0 Å². The maximum absolute atomic E-state index is 5.47. The Bertz CT molecular complexity index is 510. The summed E-state index contributed by atoms with van der Waals surface area (Å²) in [5, 5.41) is 2.96. The molecule has 0 saturated carbocycles. The molecule has 0 atom stereocenters. The first kappa shape index (κ1) is 10.9. The van der Waals surface area contributed by atoms with E-state index >= 15 is 0 Å². The van der Waals surface area contributed by atoms with E-state index in [2.05, 4.69) is 20.3 Å². The van der Waals surface area contributed by atoms with Gasteiger partial charge in [-0.3, -0.25) is 0 Å². The highest BCUT2D eigenvalue weighted by atomic mass is 16.5. The van der Waals surface area contributed by atoms with Gasteiger partial charge in [0, 0.05) is 0 Å². The topological polar surface area (TPSA) is 112 Å². The van der Waals surface area contributed by atoms with Crippen LogP contribution in [0.15, 0.2) is 24.3 Å². The number of rotatable bonds is 3. The van der Waals surface area contributed by atoms with Gasteiger partial charge in [0.05, 0.1) is 12.8 Å². The van der Waals surface area contributed by atoms with E-state index < -0.39 is 0 Å². The minimum Gasteiger partial charge on any atom is -0.495 e. The summed E-state index contributed by atoms with van der Waals surface area (Å²) in [6, 6.07) is 7.37. The Balaban J connectivity index is 2.31. The Kier molecular flexibility index (Phi) is 2.91. The third-order valence-corrected chi connectivity index (χ3v) is 2.02. The largest absolute Gasteiger partial charge is 0.495 e. The summed E-state index contributed by atoms with van der Waals surface area (Å²) in [5.41, 5.74) is 11.7. The van der Waals surface area contributed by atoms with Crippen LogP contribution >= 0.6 is 0 Å². The van der Waals surface area contributed by atoms with Crippen molar-refractivity contribution in [1.82, 2.24) is 15.0 Å². The third kappa shape index (κ3) is 2.51. The van der Waals surface area contributed by atoms with Gasteiger partial charge < -0.3 is 21.5 Å². The van der Waals surface area contributed by atoms with E-state index in [1.807, 2.05) is 24.3 Å². The Morgan fingerprint density at radius 3 is 2.35 bits per heavy atom. The van der Waals surface area contributed by atoms with Crippen molar-refractivity contribution in [3.05, 3.63) is 24.3 Å². The number of aromatic nitrogens is 3. The lowest BCUT2D eigenvalue weighted by atomic mass is 10.3. The third-order valence-electron chi connectivity index (χ3n) is 2.02. The molecular formula is C10H12N6O. The van der Waals surface area contributed by atoms with Gasteiger partial charge in [-0.1, -0.05) is 12.1 Å². The molecule has 0 aliphatic rings. The van der Waals surface area contributed by atoms with Crippen LogP contribution in [0.1, 0.15) is 0 Å². The van der Waals surface area contributed by atoms with E-state index in [-0.39, 0.29) is 17.8 Å². The van der Waals surface area contributed by atoms with E-state index in [0.29, 0.717) is 5.75 Å². The summed E-state index contributed by atoms with van der Waals surface area (Å²) in [4.78, 5) is 11.5. The molecule has 1 aromatic carbocycles. The van der Waals surface area contributed by atoms with E-state index in [9.17, 15) is 0 Å². The van der Waals surface area contributed by atoms with Crippen LogP contribution in [0.3, 0.4) is 0 Å². The van der Waals surface area contributed by atoms with Crippen LogP contribution in [0.25, 0.3) is 0 Å². The lowest BCUT2D eigenvalue weighted by Gasteiger charge is -2.09. The maximum Gasteiger partial charge on any atom is 0.233 e. The number of nitrogen functional groups attached to an aromatic ring is 2. The Morgan fingerprint density at radius 1 is 1.06 bits per heavy atom. The van der Waals surface area contributed by atoms with Crippen LogP contribution < -0.4 is 21.5 Å². The molecule has 0 radical (unpaired) electrons. The molecule has 7 nitrogen and oxygen atoms in total. The highest BCUT2D eigenvalue weighted by Crippen LogP contribution is 2.25. The molecule has 0 spiro atoms. The number of hydrogen-bond donors (Lipinski definition) is 3. The summed E-state index contributed by atoms with van der Waals surface area (Å²) >= 11 is 0. The van der Waals surface area contributed by atoms with Crippen LogP contribution in [0.5, 0.6) is 5.75 Å². The van der Waals surface area contributed by atoms with Gasteiger partial charge in [0.15, 0.2) is 0 Å². The average Bonchev–Trinajstić information content (AvgIpc) is 2.28. The predicted molar refractivity (Wildman–Crippen MR) is 64.9 cm³/mol. The number of methoxy groups -OCH3 is 1. The zero-order chi connectivity index (χ0) is 12.3. The van der Waals surface area contributed by atoms with Gasteiger partial charge in [-0.15, -0.1) is 0 Å². The molecule has 0 saturated heterocycles. The minimum absolute atomic E-state index is 0.0647. The lowest BCUT2D eigenvalue weighted by molar-refractivity contribution is 0.417. The van der Waals surface area contributed by atoms with Crippen LogP contribution in [0.2, 0.25) is 0 Å². The van der Waals surface area contributed by atoms with Gasteiger partial charge >= 0.3 is 0 Å². The zero-order valence-corrected chi connectivity index (χ0v) is 9.21. The van der Waals surface area contributed by atoms with E-state index in [1.54, 1.807) is 7.11 Å². The van der Waals surface area contributed by atoms with E-state index in [1.165, 1.54) is 0 Å². The fourth-order valence-corrected chi connectivity index (χ4v) is 1.33. The summed E-state index contributed by atoms with van der Waals surface area (Å²) in [6.45, 7) is 0. The number of benzene rings is 1. The molecule has 0 aliphatic heterocycles. The Hall–Kier alpha value is -2.57. The van der Waals surface area contributed by atoms with Crippen molar-refractivity contribution >= 4 is 23.5 Å². The monoisotopic (exact) mass is 232 g/mol. The fourth-order valence-electron chi connectivity index (χ4n) is 1.33. The lowest BCUT2D eigenvalue weighted by Crippen LogP contribution is -2.06. The van der Waals surface area contributed by atoms with Gasteiger partial charge in [0.1, 0.15) is 5.75 Å². The van der Waals surface area contributed by atoms with E-state index in [4.69, 9.17) is 16.2 Å². The van der Waals surface area contributed by atoms with Crippen molar-refractivity contribution in [3.8, 4) is 5.75 Å². The standard InChI is InChI=1S/C10H12N6O/c1-17-7-5-3-2-4-6(7)13-10-15-8(11)14-9(12)16-10/h2-5H,1H3,(H5,11,12,13,14,15,16). The molecule has 0 aliphatic carbocycles. The van der Waals surface area contributed by atoms with Crippen molar-refractivity contribution < 1.29 is 4.74 Å². The number of nitrogens with two attached hydrogens (primary N) is 2. The van der Waals surface area contributed by atoms with Crippen molar-refractivity contribution in [3.63, 3.8) is 0 Å². The van der Waals surface area contributed by atoms with Crippen LogP contribution in [-0.4, -0.2) is 22.1 Å². The SMILES string of the molecule is COc1ccccc1Nc1nc(N)nc(N)n1. The first-order chi connectivity index (χ1) is 8.19. The van der Waals surface area contributed by atoms with Crippen molar-refractivity contribution in [2.45, 2.75) is 0 Å². The number of ether oxygens (including phenoxy) is 1. The second-order valence-electron chi connectivity index (χ2n) is 3.20. The Labute approximate surface area is 97.9 Å². The molecule has 1 aromatic heterocycles. The van der Waals surface area contributed by atoms with Crippen LogP contribution in [0.4, 0.5) is 23.5 Å². The normalized spacial score (nSPS) is 9.94. The number of nitrogens with one attached hydrogen (secondary N) is 1. The van der Waals surface area contributed by atoms with Gasteiger partial charge in [-0.05, 0) is 12.1 Å². The molecule has 7 heteroatoms. The molecule has 0 fully saturated rings. The fraction of sp³-hybridized carbons (Fsp3) is 0.100. The van der Waals surface area contributed by atoms with Crippen molar-refractivity contribution in [2.24, 2.45) is 0 Å².